The summed E-state index contributed by atoms with van der Waals surface area (Å²) in [6, 6.07) is 6.48. The molecule has 1 aliphatic carbocycles. The molecular weight excluding hydrogens is 425 g/mol. The van der Waals surface area contributed by atoms with E-state index in [4.69, 9.17) is 5.73 Å². The monoisotopic (exact) mass is 453 g/mol. The fourth-order valence-electron chi connectivity index (χ4n) is 3.57. The number of guanidine groups is 1. The van der Waals surface area contributed by atoms with Gasteiger partial charge in [-0.1, -0.05) is 19.9 Å². The summed E-state index contributed by atoms with van der Waals surface area (Å²) >= 11 is 0. The number of hydrogen-bond acceptors (Lipinski definition) is 2. The normalized spacial score (nSPS) is 13.5. The molecule has 1 aromatic heterocycles. The van der Waals surface area contributed by atoms with Crippen molar-refractivity contribution < 1.29 is 0 Å². The number of anilines is 1. The molecule has 0 radical (unpaired) electrons. The Hall–Kier alpha value is -1.57. The smallest absolute Gasteiger partial charge is 0.193 e. The molecule has 0 saturated carbocycles. The van der Waals surface area contributed by atoms with Crippen LogP contribution in [-0.4, -0.2) is 15.7 Å². The number of aryl methyl sites for hydroxylation is 4. The van der Waals surface area contributed by atoms with E-state index >= 15 is 0 Å². The first-order valence-corrected chi connectivity index (χ1v) is 8.84. The molecule has 0 saturated heterocycles. The van der Waals surface area contributed by atoms with Gasteiger partial charge in [-0.05, 0) is 55.4 Å². The molecular formula is C19H28IN5. The highest BCUT2D eigenvalue weighted by atomic mass is 127. The average molecular weight is 453 g/mol. The van der Waals surface area contributed by atoms with Crippen LogP contribution in [0.3, 0.4) is 0 Å². The molecule has 0 fully saturated rings. The van der Waals surface area contributed by atoms with Gasteiger partial charge in [0.15, 0.2) is 5.96 Å². The summed E-state index contributed by atoms with van der Waals surface area (Å²) < 4.78 is 1.97. The molecule has 0 unspecified atom stereocenters. The van der Waals surface area contributed by atoms with Gasteiger partial charge >= 0.3 is 0 Å². The average Bonchev–Trinajstić information content (AvgIpc) is 3.15. The fraction of sp³-hybridized carbons (Fsp3) is 0.474. The lowest BCUT2D eigenvalue weighted by Crippen LogP contribution is -2.22. The van der Waals surface area contributed by atoms with Crippen molar-refractivity contribution in [3.8, 4) is 0 Å². The SMILES string of the molecule is CCc1nn(C)c(CC)c1CN=C(N)Nc1ccc2c(c1)CCC2.I. The van der Waals surface area contributed by atoms with E-state index in [1.807, 2.05) is 11.7 Å². The maximum atomic E-state index is 6.10. The van der Waals surface area contributed by atoms with Gasteiger partial charge in [0.05, 0.1) is 12.2 Å². The second-order valence-electron chi connectivity index (χ2n) is 6.37. The van der Waals surface area contributed by atoms with Crippen LogP contribution in [0, 0.1) is 0 Å². The molecule has 0 bridgehead atoms. The van der Waals surface area contributed by atoms with E-state index in [1.54, 1.807) is 0 Å². The number of rotatable bonds is 5. The predicted molar refractivity (Wildman–Crippen MR) is 115 cm³/mol. The van der Waals surface area contributed by atoms with Crippen LogP contribution in [0.4, 0.5) is 5.69 Å². The van der Waals surface area contributed by atoms with Gasteiger partial charge in [-0.2, -0.15) is 5.10 Å². The fourth-order valence-corrected chi connectivity index (χ4v) is 3.57. The highest BCUT2D eigenvalue weighted by Crippen LogP contribution is 2.24. The zero-order valence-electron chi connectivity index (χ0n) is 15.3. The molecule has 0 spiro atoms. The molecule has 1 heterocycles. The van der Waals surface area contributed by atoms with E-state index < -0.39 is 0 Å². The number of nitrogens with one attached hydrogen (secondary N) is 1. The number of nitrogens with two attached hydrogens (primary N) is 1. The van der Waals surface area contributed by atoms with E-state index in [-0.39, 0.29) is 24.0 Å². The van der Waals surface area contributed by atoms with E-state index in [2.05, 4.69) is 47.5 Å². The van der Waals surface area contributed by atoms with E-state index in [9.17, 15) is 0 Å². The van der Waals surface area contributed by atoms with Crippen molar-refractivity contribution in [2.24, 2.45) is 17.8 Å². The Balaban J connectivity index is 0.00000225. The first kappa shape index (κ1) is 19.8. The van der Waals surface area contributed by atoms with Crippen molar-refractivity contribution in [1.82, 2.24) is 9.78 Å². The summed E-state index contributed by atoms with van der Waals surface area (Å²) in [4.78, 5) is 4.54. The van der Waals surface area contributed by atoms with Gasteiger partial charge < -0.3 is 11.1 Å². The largest absolute Gasteiger partial charge is 0.370 e. The van der Waals surface area contributed by atoms with Gasteiger partial charge in [-0.15, -0.1) is 24.0 Å². The lowest BCUT2D eigenvalue weighted by Gasteiger charge is -2.08. The molecule has 2 aromatic rings. The summed E-state index contributed by atoms with van der Waals surface area (Å²) in [6.45, 7) is 4.85. The van der Waals surface area contributed by atoms with Gasteiger partial charge in [-0.3, -0.25) is 4.68 Å². The van der Waals surface area contributed by atoms with Crippen molar-refractivity contribution in [3.63, 3.8) is 0 Å². The molecule has 0 amide bonds. The lowest BCUT2D eigenvalue weighted by atomic mass is 10.1. The number of nitrogens with zero attached hydrogens (tertiary/aromatic N) is 3. The van der Waals surface area contributed by atoms with Crippen molar-refractivity contribution >= 4 is 35.6 Å². The first-order valence-electron chi connectivity index (χ1n) is 8.84. The molecule has 6 heteroatoms. The van der Waals surface area contributed by atoms with Gasteiger partial charge in [0, 0.05) is 24.0 Å². The summed E-state index contributed by atoms with van der Waals surface area (Å²) in [5, 5.41) is 7.81. The van der Waals surface area contributed by atoms with Gasteiger partial charge in [-0.25, -0.2) is 4.99 Å². The first-order chi connectivity index (χ1) is 11.6. The van der Waals surface area contributed by atoms with Crippen LogP contribution in [0.15, 0.2) is 23.2 Å². The number of fused-ring (bicyclic) bond motifs is 1. The van der Waals surface area contributed by atoms with Crippen molar-refractivity contribution in [1.29, 1.82) is 0 Å². The Labute approximate surface area is 167 Å². The summed E-state index contributed by atoms with van der Waals surface area (Å²) in [6.07, 6.45) is 5.48. The third-order valence-electron chi connectivity index (χ3n) is 4.81. The molecule has 0 atom stereocenters. The summed E-state index contributed by atoms with van der Waals surface area (Å²) in [5.74, 6) is 0.459. The minimum Gasteiger partial charge on any atom is -0.370 e. The third-order valence-corrected chi connectivity index (χ3v) is 4.81. The second kappa shape index (κ2) is 8.69. The summed E-state index contributed by atoms with van der Waals surface area (Å²) in [5.41, 5.74) is 13.6. The maximum Gasteiger partial charge on any atom is 0.193 e. The van der Waals surface area contributed by atoms with Crippen LogP contribution in [0.25, 0.3) is 0 Å². The molecule has 3 rings (SSSR count). The van der Waals surface area contributed by atoms with E-state index in [1.165, 1.54) is 35.2 Å². The topological polar surface area (TPSA) is 68.2 Å². The molecule has 1 aromatic carbocycles. The number of benzene rings is 1. The Bertz CT molecular complexity index is 763. The zero-order valence-corrected chi connectivity index (χ0v) is 17.6. The molecule has 25 heavy (non-hydrogen) atoms. The molecule has 5 nitrogen and oxygen atoms in total. The highest BCUT2D eigenvalue weighted by Gasteiger charge is 2.13. The van der Waals surface area contributed by atoms with Crippen molar-refractivity contribution in [3.05, 3.63) is 46.3 Å². The number of aromatic nitrogens is 2. The van der Waals surface area contributed by atoms with Crippen LogP contribution >= 0.6 is 24.0 Å². The van der Waals surface area contributed by atoms with Crippen molar-refractivity contribution in [2.75, 3.05) is 5.32 Å². The predicted octanol–water partition coefficient (Wildman–Crippen LogP) is 3.58. The second-order valence-corrected chi connectivity index (χ2v) is 6.37. The standard InChI is InChI=1S/C19H27N5.HI/c1-4-17-16(18(5-2)24(3)23-17)12-21-19(20)22-15-10-9-13-7-6-8-14(13)11-15;/h9-11H,4-8,12H2,1-3H3,(H3,20,21,22);1H. The Morgan fingerprint density at radius 1 is 1.24 bits per heavy atom. The number of halogens is 1. The summed E-state index contributed by atoms with van der Waals surface area (Å²) in [7, 11) is 2.00. The minimum atomic E-state index is 0. The number of hydrogen-bond donors (Lipinski definition) is 2. The van der Waals surface area contributed by atoms with E-state index in [0.29, 0.717) is 12.5 Å². The van der Waals surface area contributed by atoms with Gasteiger partial charge in [0.1, 0.15) is 0 Å². The van der Waals surface area contributed by atoms with Crippen LogP contribution < -0.4 is 11.1 Å². The Kier molecular flexibility index (Phi) is 6.87. The maximum absolute atomic E-state index is 6.10. The van der Waals surface area contributed by atoms with E-state index in [0.717, 1.165) is 30.6 Å². The third kappa shape index (κ3) is 4.34. The van der Waals surface area contributed by atoms with Crippen LogP contribution in [-0.2, 0) is 39.3 Å². The van der Waals surface area contributed by atoms with Crippen LogP contribution in [0.2, 0.25) is 0 Å². The molecule has 0 aliphatic heterocycles. The Morgan fingerprint density at radius 2 is 2.00 bits per heavy atom. The van der Waals surface area contributed by atoms with Crippen LogP contribution in [0.1, 0.15) is 48.3 Å². The van der Waals surface area contributed by atoms with Gasteiger partial charge in [0.25, 0.3) is 0 Å². The molecule has 3 N–H and O–H groups in total. The van der Waals surface area contributed by atoms with Gasteiger partial charge in [0.2, 0.25) is 0 Å². The Morgan fingerprint density at radius 3 is 2.72 bits per heavy atom. The van der Waals surface area contributed by atoms with Crippen LogP contribution in [0.5, 0.6) is 0 Å². The number of aliphatic imine (C=N–C) groups is 1. The van der Waals surface area contributed by atoms with Crippen molar-refractivity contribution in [2.45, 2.75) is 52.5 Å². The molecule has 1 aliphatic rings. The zero-order chi connectivity index (χ0) is 17.1. The quantitative estimate of drug-likeness (QED) is 0.413. The lowest BCUT2D eigenvalue weighted by molar-refractivity contribution is 0.703. The minimum absolute atomic E-state index is 0. The highest BCUT2D eigenvalue weighted by molar-refractivity contribution is 14.0. The molecule has 136 valence electrons.